The third kappa shape index (κ3) is 3.51. The van der Waals surface area contributed by atoms with E-state index < -0.39 is 18.0 Å². The molecule has 0 bridgehead atoms. The summed E-state index contributed by atoms with van der Waals surface area (Å²) < 4.78 is 5.17. The van der Waals surface area contributed by atoms with E-state index in [2.05, 4.69) is 10.3 Å². The van der Waals surface area contributed by atoms with E-state index in [1.807, 2.05) is 19.2 Å². The second-order valence-electron chi connectivity index (χ2n) is 5.10. The van der Waals surface area contributed by atoms with Crippen LogP contribution in [0.1, 0.15) is 30.1 Å². The first-order valence-corrected chi connectivity index (χ1v) is 7.55. The van der Waals surface area contributed by atoms with E-state index in [1.165, 1.54) is 23.3 Å². The van der Waals surface area contributed by atoms with Gasteiger partial charge in [-0.15, -0.1) is 11.3 Å². The Morgan fingerprint density at radius 2 is 2.33 bits per heavy atom. The second-order valence-corrected chi connectivity index (χ2v) is 5.99. The van der Waals surface area contributed by atoms with Crippen molar-refractivity contribution in [2.75, 3.05) is 13.7 Å². The average Bonchev–Trinajstić information content (AvgIpc) is 3.04. The molecule has 1 aromatic heterocycles. The van der Waals surface area contributed by atoms with Crippen molar-refractivity contribution in [3.63, 3.8) is 0 Å². The first kappa shape index (κ1) is 15.7. The number of aryl methyl sites for hydroxylation is 1. The minimum absolute atomic E-state index is 0.241. The predicted molar refractivity (Wildman–Crippen MR) is 77.3 cm³/mol. The van der Waals surface area contributed by atoms with Gasteiger partial charge in [-0.05, 0) is 13.8 Å². The number of rotatable bonds is 4. The number of nitrogens with zero attached hydrogens (tertiary/aromatic N) is 2. The van der Waals surface area contributed by atoms with Crippen LogP contribution in [0.4, 0.5) is 4.79 Å². The van der Waals surface area contributed by atoms with Crippen LogP contribution in [0.5, 0.6) is 0 Å². The Labute approximate surface area is 126 Å². The minimum Gasteiger partial charge on any atom is -0.480 e. The molecule has 0 saturated carbocycles. The number of likely N-dealkylation sites (tertiary alicyclic amines) is 1. The smallest absolute Gasteiger partial charge is 0.326 e. The van der Waals surface area contributed by atoms with Crippen LogP contribution in [0, 0.1) is 6.92 Å². The maximum absolute atomic E-state index is 12.3. The zero-order chi connectivity index (χ0) is 15.6. The third-order valence-electron chi connectivity index (χ3n) is 3.49. The first-order chi connectivity index (χ1) is 9.92. The van der Waals surface area contributed by atoms with E-state index in [4.69, 9.17) is 4.74 Å². The number of aromatic nitrogens is 1. The van der Waals surface area contributed by atoms with Crippen LogP contribution in [-0.4, -0.2) is 52.8 Å². The molecule has 1 fully saturated rings. The summed E-state index contributed by atoms with van der Waals surface area (Å²) >= 11 is 1.47. The summed E-state index contributed by atoms with van der Waals surface area (Å²) in [5, 5.41) is 14.7. The molecule has 3 atom stereocenters. The van der Waals surface area contributed by atoms with Crippen molar-refractivity contribution in [1.29, 1.82) is 0 Å². The van der Waals surface area contributed by atoms with Crippen molar-refractivity contribution >= 4 is 23.3 Å². The van der Waals surface area contributed by atoms with Gasteiger partial charge in [0.1, 0.15) is 11.0 Å². The summed E-state index contributed by atoms with van der Waals surface area (Å²) in [7, 11) is 1.52. The van der Waals surface area contributed by atoms with Gasteiger partial charge in [0.2, 0.25) is 0 Å². The maximum Gasteiger partial charge on any atom is 0.326 e. The van der Waals surface area contributed by atoms with Gasteiger partial charge in [-0.25, -0.2) is 14.6 Å². The van der Waals surface area contributed by atoms with Crippen LogP contribution in [0.2, 0.25) is 0 Å². The fraction of sp³-hybridized carbons (Fsp3) is 0.615. The zero-order valence-corrected chi connectivity index (χ0v) is 13.0. The van der Waals surface area contributed by atoms with Gasteiger partial charge in [0.05, 0.1) is 12.1 Å². The molecule has 0 aromatic carbocycles. The van der Waals surface area contributed by atoms with Crippen LogP contribution >= 0.6 is 11.3 Å². The number of carbonyl (C=O) groups excluding carboxylic acids is 1. The number of methoxy groups -OCH3 is 1. The minimum atomic E-state index is -1.01. The van der Waals surface area contributed by atoms with Gasteiger partial charge in [0, 0.05) is 31.1 Å². The highest BCUT2D eigenvalue weighted by Gasteiger charge is 2.40. The van der Waals surface area contributed by atoms with Crippen molar-refractivity contribution in [3.8, 4) is 0 Å². The van der Waals surface area contributed by atoms with Gasteiger partial charge in [-0.2, -0.15) is 0 Å². The van der Waals surface area contributed by atoms with Gasteiger partial charge in [-0.3, -0.25) is 0 Å². The Hall–Kier alpha value is -1.67. The molecule has 7 nitrogen and oxygen atoms in total. The number of carboxylic acids is 1. The van der Waals surface area contributed by atoms with Gasteiger partial charge in [0.25, 0.3) is 0 Å². The first-order valence-electron chi connectivity index (χ1n) is 6.67. The summed E-state index contributed by atoms with van der Waals surface area (Å²) in [5.74, 6) is -1.01. The standard InChI is InChI=1S/C13H19N3O4S/c1-7-6-21-11(14-7)8(2)15-13(19)16-5-9(20-3)4-10(16)12(17)18/h6,8-10H,4-5H2,1-3H3,(H,15,19)(H,17,18). The van der Waals surface area contributed by atoms with Gasteiger partial charge in [0.15, 0.2) is 0 Å². The lowest BCUT2D eigenvalue weighted by molar-refractivity contribution is -0.141. The van der Waals surface area contributed by atoms with Crippen LogP contribution in [0.15, 0.2) is 5.38 Å². The van der Waals surface area contributed by atoms with Gasteiger partial charge in [-0.1, -0.05) is 0 Å². The van der Waals surface area contributed by atoms with Crippen molar-refractivity contribution in [2.45, 2.75) is 38.5 Å². The molecule has 3 unspecified atom stereocenters. The molecule has 0 radical (unpaired) electrons. The average molecular weight is 313 g/mol. The molecular formula is C13H19N3O4S. The number of hydrogen-bond acceptors (Lipinski definition) is 5. The number of carbonyl (C=O) groups is 2. The molecule has 1 aromatic rings. The van der Waals surface area contributed by atoms with E-state index in [1.54, 1.807) is 0 Å². The van der Waals surface area contributed by atoms with Crippen molar-refractivity contribution in [2.24, 2.45) is 0 Å². The number of nitrogens with one attached hydrogen (secondary N) is 1. The number of amides is 2. The van der Waals surface area contributed by atoms with Crippen molar-refractivity contribution in [1.82, 2.24) is 15.2 Å². The Kier molecular flexibility index (Phi) is 4.79. The molecule has 1 saturated heterocycles. The largest absolute Gasteiger partial charge is 0.480 e. The van der Waals surface area contributed by atoms with E-state index in [0.29, 0.717) is 6.42 Å². The molecule has 21 heavy (non-hydrogen) atoms. The van der Waals surface area contributed by atoms with E-state index in [9.17, 15) is 14.7 Å². The molecule has 2 heterocycles. The molecular weight excluding hydrogens is 294 g/mol. The van der Waals surface area contributed by atoms with Crippen molar-refractivity contribution in [3.05, 3.63) is 16.1 Å². The number of ether oxygens (including phenoxy) is 1. The number of carboxylic acid groups (broad SMARTS) is 1. The van der Waals surface area contributed by atoms with Crippen LogP contribution < -0.4 is 5.32 Å². The summed E-state index contributed by atoms with van der Waals surface area (Å²) in [5.41, 5.74) is 0.903. The summed E-state index contributed by atoms with van der Waals surface area (Å²) in [6.45, 7) is 4.00. The second kappa shape index (κ2) is 6.40. The highest BCUT2D eigenvalue weighted by atomic mass is 32.1. The Bertz CT molecular complexity index is 533. The molecule has 8 heteroatoms. The quantitative estimate of drug-likeness (QED) is 0.876. The highest BCUT2D eigenvalue weighted by molar-refractivity contribution is 7.09. The number of thiazole rings is 1. The van der Waals surface area contributed by atoms with E-state index >= 15 is 0 Å². The van der Waals surface area contributed by atoms with Gasteiger partial charge >= 0.3 is 12.0 Å². The summed E-state index contributed by atoms with van der Waals surface area (Å²) in [6, 6.07) is -1.50. The predicted octanol–water partition coefficient (Wildman–Crippen LogP) is 1.40. The van der Waals surface area contributed by atoms with E-state index in [0.717, 1.165) is 10.7 Å². The van der Waals surface area contributed by atoms with Crippen LogP contribution in [0.3, 0.4) is 0 Å². The Morgan fingerprint density at radius 3 is 2.86 bits per heavy atom. The normalized spacial score (nSPS) is 23.1. The van der Waals surface area contributed by atoms with Crippen LogP contribution in [-0.2, 0) is 9.53 Å². The fourth-order valence-corrected chi connectivity index (χ4v) is 3.13. The molecule has 1 aliphatic rings. The third-order valence-corrected chi connectivity index (χ3v) is 4.63. The summed E-state index contributed by atoms with van der Waals surface area (Å²) in [6.07, 6.45) is 0.0681. The van der Waals surface area contributed by atoms with E-state index in [-0.39, 0.29) is 18.7 Å². The lowest BCUT2D eigenvalue weighted by Gasteiger charge is -2.23. The molecule has 0 spiro atoms. The Balaban J connectivity index is 2.03. The summed E-state index contributed by atoms with van der Waals surface area (Å²) in [4.78, 5) is 29.2. The topological polar surface area (TPSA) is 91.8 Å². The molecule has 2 N–H and O–H groups in total. The highest BCUT2D eigenvalue weighted by Crippen LogP contribution is 2.22. The number of urea groups is 1. The maximum atomic E-state index is 12.3. The molecule has 1 aliphatic heterocycles. The number of hydrogen-bond donors (Lipinski definition) is 2. The lowest BCUT2D eigenvalue weighted by Crippen LogP contribution is -2.46. The molecule has 116 valence electrons. The molecule has 0 aliphatic carbocycles. The van der Waals surface area contributed by atoms with Crippen LogP contribution in [0.25, 0.3) is 0 Å². The molecule has 2 amide bonds. The number of aliphatic carboxylic acids is 1. The SMILES string of the molecule is COC1CC(C(=O)O)N(C(=O)NC(C)c2nc(C)cs2)C1. The Morgan fingerprint density at radius 1 is 1.62 bits per heavy atom. The molecule has 2 rings (SSSR count). The van der Waals surface area contributed by atoms with Gasteiger partial charge < -0.3 is 20.1 Å². The van der Waals surface area contributed by atoms with Crippen molar-refractivity contribution < 1.29 is 19.4 Å². The zero-order valence-electron chi connectivity index (χ0n) is 12.2. The lowest BCUT2D eigenvalue weighted by atomic mass is 10.2. The monoisotopic (exact) mass is 313 g/mol. The fourth-order valence-electron chi connectivity index (χ4n) is 2.33.